The van der Waals surface area contributed by atoms with Crippen LogP contribution in [0.5, 0.6) is 0 Å². The largest absolute Gasteiger partial charge is 0.430 e. The van der Waals surface area contributed by atoms with Crippen LogP contribution < -0.4 is 5.32 Å². The maximum atomic E-state index is 12.1. The average molecular weight is 420 g/mol. The number of carbonyl (C=O) groups is 1. The number of hydrogen-bond donors (Lipinski definition) is 1. The molecule has 1 spiro atoms. The molecular weight excluding hydrogens is 401 g/mol. The number of carbonyl (C=O) groups excluding carboxylic acids is 1. The van der Waals surface area contributed by atoms with Gasteiger partial charge in [0.15, 0.2) is 0 Å². The zero-order chi connectivity index (χ0) is 19.6. The van der Waals surface area contributed by atoms with Gasteiger partial charge in [-0.1, -0.05) is 46.6 Å². The smallest absolute Gasteiger partial charge is 0.388 e. The molecule has 28 heavy (non-hydrogen) atoms. The molecule has 2 aromatic carbocycles. The standard InChI is InChI=1S/C20H19Cl2N3O3/c21-15-6-4-14(5-7-15)18-13-20(28-24-18)8-10-25(11-9-20)27-19(26)23-17-3-1-2-16(22)12-17/h1-7,12H,8-11,13H2,(H,23,26). The van der Waals surface area contributed by atoms with E-state index in [1.165, 1.54) is 0 Å². The van der Waals surface area contributed by atoms with E-state index in [0.29, 0.717) is 28.8 Å². The molecule has 0 aromatic heterocycles. The number of piperidine rings is 1. The summed E-state index contributed by atoms with van der Waals surface area (Å²) in [6, 6.07) is 14.5. The van der Waals surface area contributed by atoms with Crippen LogP contribution in [0, 0.1) is 0 Å². The van der Waals surface area contributed by atoms with Crippen LogP contribution in [0.3, 0.4) is 0 Å². The maximum Gasteiger partial charge on any atom is 0.430 e. The fraction of sp³-hybridized carbons (Fsp3) is 0.300. The van der Waals surface area contributed by atoms with Crippen LogP contribution in [0.25, 0.3) is 0 Å². The van der Waals surface area contributed by atoms with Gasteiger partial charge in [0.1, 0.15) is 5.60 Å². The van der Waals surface area contributed by atoms with Crippen molar-refractivity contribution in [2.75, 3.05) is 18.4 Å². The number of hydroxylamine groups is 2. The van der Waals surface area contributed by atoms with Gasteiger partial charge in [-0.3, -0.25) is 5.32 Å². The van der Waals surface area contributed by atoms with Crippen molar-refractivity contribution in [3.63, 3.8) is 0 Å². The molecule has 2 aliphatic rings. The van der Waals surface area contributed by atoms with Crippen LogP contribution in [0.2, 0.25) is 10.0 Å². The zero-order valence-corrected chi connectivity index (χ0v) is 16.5. The number of hydrogen-bond acceptors (Lipinski definition) is 5. The van der Waals surface area contributed by atoms with Gasteiger partial charge in [-0.15, -0.1) is 5.06 Å². The van der Waals surface area contributed by atoms with Crippen molar-refractivity contribution in [2.24, 2.45) is 5.16 Å². The molecule has 1 fully saturated rings. The van der Waals surface area contributed by atoms with Crippen molar-refractivity contribution in [1.82, 2.24) is 5.06 Å². The van der Waals surface area contributed by atoms with E-state index in [1.807, 2.05) is 24.3 Å². The van der Waals surface area contributed by atoms with Crippen LogP contribution in [0.15, 0.2) is 53.7 Å². The molecule has 0 saturated carbocycles. The molecule has 1 amide bonds. The molecule has 6 nitrogen and oxygen atoms in total. The van der Waals surface area contributed by atoms with Gasteiger partial charge >= 0.3 is 6.09 Å². The number of amides is 1. The fourth-order valence-corrected chi connectivity index (χ4v) is 3.71. The lowest BCUT2D eigenvalue weighted by Gasteiger charge is -2.35. The number of anilines is 1. The summed E-state index contributed by atoms with van der Waals surface area (Å²) in [5.41, 5.74) is 2.19. The molecule has 0 bridgehead atoms. The number of nitrogens with zero attached hydrogens (tertiary/aromatic N) is 2. The summed E-state index contributed by atoms with van der Waals surface area (Å²) >= 11 is 11.9. The summed E-state index contributed by atoms with van der Waals surface area (Å²) in [7, 11) is 0. The Labute approximate surface area is 173 Å². The first-order valence-corrected chi connectivity index (χ1v) is 9.77. The molecule has 146 valence electrons. The molecule has 1 saturated heterocycles. The lowest BCUT2D eigenvalue weighted by Crippen LogP contribution is -2.45. The summed E-state index contributed by atoms with van der Waals surface area (Å²) in [6.07, 6.45) is 1.64. The van der Waals surface area contributed by atoms with Crippen LogP contribution in [-0.4, -0.2) is 35.6 Å². The van der Waals surface area contributed by atoms with E-state index in [9.17, 15) is 4.79 Å². The minimum absolute atomic E-state index is 0.335. The maximum absolute atomic E-state index is 12.1. The Balaban J connectivity index is 1.28. The van der Waals surface area contributed by atoms with E-state index >= 15 is 0 Å². The summed E-state index contributed by atoms with van der Waals surface area (Å²) in [5, 5.41) is 9.85. The van der Waals surface area contributed by atoms with Crippen molar-refractivity contribution < 1.29 is 14.5 Å². The quantitative estimate of drug-likeness (QED) is 0.749. The van der Waals surface area contributed by atoms with Gasteiger partial charge in [0, 0.05) is 48.1 Å². The number of nitrogens with one attached hydrogen (secondary N) is 1. The fourth-order valence-electron chi connectivity index (χ4n) is 3.40. The first-order chi connectivity index (χ1) is 13.5. The van der Waals surface area contributed by atoms with Crippen LogP contribution in [-0.2, 0) is 9.68 Å². The molecule has 0 unspecified atom stereocenters. The number of oxime groups is 1. The average Bonchev–Trinajstić information content (AvgIpc) is 3.08. The topological polar surface area (TPSA) is 63.2 Å². The van der Waals surface area contributed by atoms with Crippen molar-refractivity contribution in [3.8, 4) is 0 Å². The number of rotatable bonds is 3. The van der Waals surface area contributed by atoms with E-state index < -0.39 is 6.09 Å². The molecule has 0 atom stereocenters. The third-order valence-corrected chi connectivity index (χ3v) is 5.42. The van der Waals surface area contributed by atoms with Gasteiger partial charge in [0.25, 0.3) is 0 Å². The normalized spacial score (nSPS) is 18.4. The monoisotopic (exact) mass is 419 g/mol. The molecule has 2 aromatic rings. The Kier molecular flexibility index (Phi) is 5.44. The van der Waals surface area contributed by atoms with E-state index in [0.717, 1.165) is 30.5 Å². The van der Waals surface area contributed by atoms with E-state index in [4.69, 9.17) is 32.9 Å². The summed E-state index contributed by atoms with van der Waals surface area (Å²) < 4.78 is 0. The molecule has 1 N–H and O–H groups in total. The lowest BCUT2D eigenvalue weighted by atomic mass is 9.86. The van der Waals surface area contributed by atoms with Gasteiger partial charge in [-0.25, -0.2) is 4.79 Å². The molecule has 4 rings (SSSR count). The van der Waals surface area contributed by atoms with Gasteiger partial charge in [-0.05, 0) is 35.9 Å². The second-order valence-electron chi connectivity index (χ2n) is 6.94. The highest BCUT2D eigenvalue weighted by Crippen LogP contribution is 2.36. The van der Waals surface area contributed by atoms with Crippen molar-refractivity contribution in [2.45, 2.75) is 24.9 Å². The predicted octanol–water partition coefficient (Wildman–Crippen LogP) is 5.12. The Morgan fingerprint density at radius 1 is 1.11 bits per heavy atom. The first kappa shape index (κ1) is 19.1. The molecule has 2 heterocycles. The Hall–Kier alpha value is -2.28. The van der Waals surface area contributed by atoms with Crippen molar-refractivity contribution >= 4 is 40.7 Å². The number of halogens is 2. The third kappa shape index (κ3) is 4.41. The minimum atomic E-state index is -0.538. The zero-order valence-electron chi connectivity index (χ0n) is 15.0. The van der Waals surface area contributed by atoms with Crippen LogP contribution >= 0.6 is 23.2 Å². The van der Waals surface area contributed by atoms with Gasteiger partial charge < -0.3 is 9.68 Å². The highest BCUT2D eigenvalue weighted by Gasteiger charge is 2.43. The number of benzene rings is 2. The first-order valence-electron chi connectivity index (χ1n) is 9.02. The van der Waals surface area contributed by atoms with E-state index in [-0.39, 0.29) is 5.60 Å². The second-order valence-corrected chi connectivity index (χ2v) is 7.81. The molecule has 2 aliphatic heterocycles. The minimum Gasteiger partial charge on any atom is -0.388 e. The van der Waals surface area contributed by atoms with E-state index in [1.54, 1.807) is 29.3 Å². The predicted molar refractivity (Wildman–Crippen MR) is 109 cm³/mol. The SMILES string of the molecule is O=C(Nc1cccc(Cl)c1)ON1CCC2(CC1)CC(c1ccc(Cl)cc1)=NO2. The van der Waals surface area contributed by atoms with E-state index in [2.05, 4.69) is 10.5 Å². The second kappa shape index (κ2) is 7.99. The van der Waals surface area contributed by atoms with Gasteiger partial charge in [-0.2, -0.15) is 0 Å². The van der Waals surface area contributed by atoms with Crippen molar-refractivity contribution in [3.05, 3.63) is 64.1 Å². The lowest BCUT2D eigenvalue weighted by molar-refractivity contribution is -0.154. The molecule has 0 aliphatic carbocycles. The summed E-state index contributed by atoms with van der Waals surface area (Å²) in [6.45, 7) is 1.15. The Morgan fingerprint density at radius 2 is 1.86 bits per heavy atom. The highest BCUT2D eigenvalue weighted by molar-refractivity contribution is 6.31. The molecule has 0 radical (unpaired) electrons. The van der Waals surface area contributed by atoms with Gasteiger partial charge in [0.05, 0.1) is 5.71 Å². The molecular formula is C20H19Cl2N3O3. The Morgan fingerprint density at radius 3 is 2.57 bits per heavy atom. The highest BCUT2D eigenvalue weighted by atomic mass is 35.5. The van der Waals surface area contributed by atoms with Crippen molar-refractivity contribution in [1.29, 1.82) is 0 Å². The molecule has 8 heteroatoms. The third-order valence-electron chi connectivity index (χ3n) is 4.93. The summed E-state index contributed by atoms with van der Waals surface area (Å²) in [5.74, 6) is 0. The van der Waals surface area contributed by atoms with Crippen LogP contribution in [0.1, 0.15) is 24.8 Å². The van der Waals surface area contributed by atoms with Crippen LogP contribution in [0.4, 0.5) is 10.5 Å². The Bertz CT molecular complexity index is 894. The van der Waals surface area contributed by atoms with Gasteiger partial charge in [0.2, 0.25) is 0 Å². The summed E-state index contributed by atoms with van der Waals surface area (Å²) in [4.78, 5) is 23.3.